The predicted octanol–water partition coefficient (Wildman–Crippen LogP) is 5.03. The quantitative estimate of drug-likeness (QED) is 0.463. The van der Waals surface area contributed by atoms with Gasteiger partial charge in [-0.15, -0.1) is 0 Å². The third-order valence-corrected chi connectivity index (χ3v) is 6.23. The minimum Gasteiger partial charge on any atom is -0.467 e. The maximum Gasteiger partial charge on any atom is 0.316 e. The molecule has 0 spiro atoms. The Labute approximate surface area is 182 Å². The largest absolute Gasteiger partial charge is 0.467 e. The molecule has 0 unspecified atom stereocenters. The lowest BCUT2D eigenvalue weighted by atomic mass is 9.50. The number of rotatable bonds is 5. The molecule has 5 heteroatoms. The van der Waals surface area contributed by atoms with Gasteiger partial charge in [0, 0.05) is 41.8 Å². The monoisotopic (exact) mass is 408 g/mol. The summed E-state index contributed by atoms with van der Waals surface area (Å²) < 4.78 is 5.34. The Balaban J connectivity index is 1.69. The molecule has 4 aromatic rings. The summed E-state index contributed by atoms with van der Waals surface area (Å²) in [5.41, 5.74) is 4.65. The van der Waals surface area contributed by atoms with Crippen LogP contribution >= 0.6 is 0 Å². The van der Waals surface area contributed by atoms with Gasteiger partial charge in [0.2, 0.25) is 0 Å². The van der Waals surface area contributed by atoms with Gasteiger partial charge in [-0.3, -0.25) is 0 Å². The second-order valence-corrected chi connectivity index (χ2v) is 7.92. The Morgan fingerprint density at radius 1 is 0.613 bits per heavy atom. The molecule has 0 amide bonds. The van der Waals surface area contributed by atoms with Crippen LogP contribution in [-0.4, -0.2) is 27.0 Å². The third kappa shape index (κ3) is 3.56. The minimum atomic E-state index is 0.182. The summed E-state index contributed by atoms with van der Waals surface area (Å²) in [6.45, 7) is 1.95. The molecule has 2 atom stereocenters. The van der Waals surface area contributed by atoms with Gasteiger partial charge in [-0.1, -0.05) is 60.7 Å². The van der Waals surface area contributed by atoms with Crippen LogP contribution in [0.3, 0.4) is 0 Å². The van der Waals surface area contributed by atoms with E-state index in [2.05, 4.69) is 76.7 Å². The topological polar surface area (TPSA) is 60.8 Å². The van der Waals surface area contributed by atoms with Gasteiger partial charge < -0.3 is 4.74 Å². The fraction of sp³-hybridized carbons (Fsp3) is 0.231. The van der Waals surface area contributed by atoms with Crippen LogP contribution in [0.5, 0.6) is 6.01 Å². The van der Waals surface area contributed by atoms with E-state index in [1.54, 1.807) is 13.3 Å². The second kappa shape index (κ2) is 8.26. The molecule has 0 bridgehead atoms. The number of aromatic nitrogens is 4. The van der Waals surface area contributed by atoms with Crippen LogP contribution in [-0.2, 0) is 0 Å². The zero-order valence-corrected chi connectivity index (χ0v) is 17.6. The molecule has 0 aliphatic heterocycles. The molecule has 154 valence electrons. The van der Waals surface area contributed by atoms with Gasteiger partial charge in [-0.05, 0) is 30.2 Å². The van der Waals surface area contributed by atoms with Crippen LogP contribution < -0.4 is 4.74 Å². The summed E-state index contributed by atoms with van der Waals surface area (Å²) in [6, 6.07) is 25.8. The Hall–Kier alpha value is -3.60. The van der Waals surface area contributed by atoms with E-state index in [4.69, 9.17) is 14.7 Å². The van der Waals surface area contributed by atoms with Crippen molar-refractivity contribution in [1.29, 1.82) is 0 Å². The molecule has 2 aromatic heterocycles. The summed E-state index contributed by atoms with van der Waals surface area (Å²) in [4.78, 5) is 18.1. The summed E-state index contributed by atoms with van der Waals surface area (Å²) in [5.74, 6) is 1.67. The van der Waals surface area contributed by atoms with Crippen molar-refractivity contribution >= 4 is 0 Å². The van der Waals surface area contributed by atoms with E-state index in [1.807, 2.05) is 19.2 Å². The first-order chi connectivity index (χ1) is 15.3. The van der Waals surface area contributed by atoms with E-state index in [0.717, 1.165) is 17.2 Å². The number of ether oxygens (including phenoxy) is 1. The highest BCUT2D eigenvalue weighted by atomic mass is 16.5. The van der Waals surface area contributed by atoms with Crippen molar-refractivity contribution in [2.24, 2.45) is 0 Å². The molecule has 2 aromatic carbocycles. The van der Waals surface area contributed by atoms with Gasteiger partial charge in [-0.25, -0.2) is 15.0 Å². The first-order valence-corrected chi connectivity index (χ1v) is 10.5. The Morgan fingerprint density at radius 3 is 1.65 bits per heavy atom. The van der Waals surface area contributed by atoms with E-state index >= 15 is 0 Å². The molecular formula is C26H24N4O. The molecule has 5 nitrogen and oxygen atoms in total. The molecule has 0 radical (unpaired) electrons. The average molecular weight is 409 g/mol. The van der Waals surface area contributed by atoms with E-state index in [-0.39, 0.29) is 23.7 Å². The lowest BCUT2D eigenvalue weighted by Gasteiger charge is -2.52. The molecule has 1 fully saturated rings. The van der Waals surface area contributed by atoms with Crippen molar-refractivity contribution in [2.45, 2.75) is 30.6 Å². The van der Waals surface area contributed by atoms with Crippen LogP contribution in [0.1, 0.15) is 52.0 Å². The van der Waals surface area contributed by atoms with E-state index < -0.39 is 0 Å². The standard InChI is InChI=1S/C26H24N4O/c1-17-27-15-13-20(29-17)24-22(18-9-5-3-6-10-18)25(21-14-16-28-26(30-21)31-2)23(24)19-11-7-4-8-12-19/h3-16,22-25H,1-2H3/t22-,23-,24-,25+/m1/s1. The van der Waals surface area contributed by atoms with E-state index in [0.29, 0.717) is 6.01 Å². The van der Waals surface area contributed by atoms with Crippen LogP contribution in [0.15, 0.2) is 85.2 Å². The van der Waals surface area contributed by atoms with Crippen molar-refractivity contribution < 1.29 is 4.74 Å². The van der Waals surface area contributed by atoms with Crippen molar-refractivity contribution in [3.05, 3.63) is 114 Å². The highest BCUT2D eigenvalue weighted by molar-refractivity contribution is 5.45. The number of nitrogens with zero attached hydrogens (tertiary/aromatic N) is 4. The van der Waals surface area contributed by atoms with Crippen molar-refractivity contribution in [3.8, 4) is 6.01 Å². The highest BCUT2D eigenvalue weighted by Gasteiger charge is 2.54. The first kappa shape index (κ1) is 19.4. The van der Waals surface area contributed by atoms with Crippen LogP contribution in [0.2, 0.25) is 0 Å². The van der Waals surface area contributed by atoms with Crippen molar-refractivity contribution in [3.63, 3.8) is 0 Å². The fourth-order valence-electron chi connectivity index (χ4n) is 4.96. The van der Waals surface area contributed by atoms with E-state index in [9.17, 15) is 0 Å². The Kier molecular flexibility index (Phi) is 5.16. The minimum absolute atomic E-state index is 0.182. The summed E-state index contributed by atoms with van der Waals surface area (Å²) >= 11 is 0. The highest BCUT2D eigenvalue weighted by Crippen LogP contribution is 2.65. The smallest absolute Gasteiger partial charge is 0.316 e. The van der Waals surface area contributed by atoms with Gasteiger partial charge in [-0.2, -0.15) is 4.98 Å². The SMILES string of the molecule is COc1nccc([C@H]2[C@H](c3ccccc3)[C@@H](c3ccnc(C)n3)[C@H]2c2ccccc2)n1. The molecule has 2 heterocycles. The summed E-state index contributed by atoms with van der Waals surface area (Å²) in [6.07, 6.45) is 3.65. The fourth-order valence-corrected chi connectivity index (χ4v) is 4.96. The zero-order valence-electron chi connectivity index (χ0n) is 17.6. The summed E-state index contributed by atoms with van der Waals surface area (Å²) in [7, 11) is 1.61. The molecule has 1 aliphatic carbocycles. The van der Waals surface area contributed by atoms with Gasteiger partial charge in [0.15, 0.2) is 0 Å². The number of hydrogen-bond donors (Lipinski definition) is 0. The maximum atomic E-state index is 5.34. The van der Waals surface area contributed by atoms with Gasteiger partial charge in [0.05, 0.1) is 12.8 Å². The average Bonchev–Trinajstić information content (AvgIpc) is 2.80. The Bertz CT molecular complexity index is 1120. The molecular weight excluding hydrogens is 384 g/mol. The molecule has 0 saturated heterocycles. The third-order valence-electron chi connectivity index (χ3n) is 6.23. The summed E-state index contributed by atoms with van der Waals surface area (Å²) in [5, 5.41) is 0. The van der Waals surface area contributed by atoms with Gasteiger partial charge in [0.1, 0.15) is 5.82 Å². The van der Waals surface area contributed by atoms with Crippen molar-refractivity contribution in [1.82, 2.24) is 19.9 Å². The second-order valence-electron chi connectivity index (χ2n) is 7.92. The zero-order chi connectivity index (χ0) is 21.2. The lowest BCUT2D eigenvalue weighted by molar-refractivity contribution is 0.217. The van der Waals surface area contributed by atoms with Gasteiger partial charge in [0.25, 0.3) is 0 Å². The lowest BCUT2D eigenvalue weighted by Crippen LogP contribution is -2.41. The normalized spacial score (nSPS) is 22.5. The molecule has 0 N–H and O–H groups in total. The van der Waals surface area contributed by atoms with Crippen molar-refractivity contribution in [2.75, 3.05) is 7.11 Å². The number of aryl methyl sites for hydroxylation is 1. The van der Waals surface area contributed by atoms with Gasteiger partial charge >= 0.3 is 6.01 Å². The maximum absolute atomic E-state index is 5.34. The van der Waals surface area contributed by atoms with Crippen LogP contribution in [0.4, 0.5) is 0 Å². The number of hydrogen-bond acceptors (Lipinski definition) is 5. The number of benzene rings is 2. The van der Waals surface area contributed by atoms with Crippen LogP contribution in [0, 0.1) is 6.92 Å². The van der Waals surface area contributed by atoms with E-state index in [1.165, 1.54) is 11.1 Å². The number of methoxy groups -OCH3 is 1. The molecule has 5 rings (SSSR count). The Morgan fingerprint density at radius 2 is 1.13 bits per heavy atom. The molecule has 31 heavy (non-hydrogen) atoms. The predicted molar refractivity (Wildman–Crippen MR) is 119 cm³/mol. The molecule has 1 saturated carbocycles. The van der Waals surface area contributed by atoms with Crippen LogP contribution in [0.25, 0.3) is 0 Å². The first-order valence-electron chi connectivity index (χ1n) is 10.5. The molecule has 1 aliphatic rings.